The number of hydrogen-bond donors (Lipinski definition) is 0. The van der Waals surface area contributed by atoms with Crippen molar-refractivity contribution in [1.29, 1.82) is 0 Å². The average molecular weight is 367 g/mol. The number of pyridine rings is 1. The molecule has 140 valence electrons. The summed E-state index contributed by atoms with van der Waals surface area (Å²) in [6.07, 6.45) is 6.49. The molecule has 0 spiro atoms. The Balaban J connectivity index is 1.37. The number of nitrogens with zero attached hydrogens (tertiary/aromatic N) is 7. The van der Waals surface area contributed by atoms with E-state index < -0.39 is 0 Å². The van der Waals surface area contributed by atoms with Gasteiger partial charge in [0.05, 0.1) is 6.20 Å². The summed E-state index contributed by atoms with van der Waals surface area (Å²) < 4.78 is 2.90. The molecule has 1 saturated heterocycles. The molecule has 0 unspecified atom stereocenters. The van der Waals surface area contributed by atoms with Crippen LogP contribution in [0.15, 0.2) is 41.8 Å². The number of carbonyl (C=O) groups excluding carboxylic acids is 1. The highest BCUT2D eigenvalue weighted by molar-refractivity contribution is 5.77. The lowest BCUT2D eigenvalue weighted by Gasteiger charge is -2.34. The molecule has 0 saturated carbocycles. The van der Waals surface area contributed by atoms with Crippen molar-refractivity contribution in [3.63, 3.8) is 0 Å². The zero-order valence-corrected chi connectivity index (χ0v) is 15.2. The Kier molecular flexibility index (Phi) is 4.68. The van der Waals surface area contributed by atoms with Crippen LogP contribution in [0.4, 0.5) is 0 Å². The first kappa shape index (κ1) is 17.3. The molecular formula is C18H21N7O2. The minimum absolute atomic E-state index is 0.00101. The maximum absolute atomic E-state index is 12.6. The standard InChI is InChI=1S/C18H21N7O2/c1-22-17-15(10-21-22)18(27)25(13-20-17)12-16(26)24-8-6-23(7-9-24)11-14-2-4-19-5-3-14/h2-5,10,13H,6-9,11-12H2,1H3. The molecule has 3 aromatic heterocycles. The van der Waals surface area contributed by atoms with Gasteiger partial charge in [-0.25, -0.2) is 4.98 Å². The minimum atomic E-state index is -0.238. The van der Waals surface area contributed by atoms with Crippen molar-refractivity contribution in [2.24, 2.45) is 7.05 Å². The number of amides is 1. The SMILES string of the molecule is Cn1ncc2c(=O)n(CC(=O)N3CCN(Cc4ccncc4)CC3)cnc21. The van der Waals surface area contributed by atoms with Gasteiger partial charge in [-0.05, 0) is 17.7 Å². The summed E-state index contributed by atoms with van der Waals surface area (Å²) in [5.41, 5.74) is 1.50. The van der Waals surface area contributed by atoms with Crippen LogP contribution in [0.1, 0.15) is 5.56 Å². The molecule has 3 aromatic rings. The Morgan fingerprint density at radius 2 is 1.89 bits per heavy atom. The second-order valence-corrected chi connectivity index (χ2v) is 6.70. The lowest BCUT2D eigenvalue weighted by Crippen LogP contribution is -2.49. The van der Waals surface area contributed by atoms with E-state index in [-0.39, 0.29) is 18.0 Å². The van der Waals surface area contributed by atoms with Crippen LogP contribution in [0.3, 0.4) is 0 Å². The van der Waals surface area contributed by atoms with Crippen molar-refractivity contribution in [3.8, 4) is 0 Å². The van der Waals surface area contributed by atoms with Gasteiger partial charge in [0.15, 0.2) is 5.65 Å². The number of carbonyl (C=O) groups is 1. The molecule has 0 aromatic carbocycles. The summed E-state index contributed by atoms with van der Waals surface area (Å²) in [6, 6.07) is 4.01. The third kappa shape index (κ3) is 3.59. The summed E-state index contributed by atoms with van der Waals surface area (Å²) >= 11 is 0. The highest BCUT2D eigenvalue weighted by Gasteiger charge is 2.22. The molecule has 0 radical (unpaired) electrons. The first-order valence-corrected chi connectivity index (χ1v) is 8.88. The zero-order valence-electron chi connectivity index (χ0n) is 15.2. The van der Waals surface area contributed by atoms with E-state index in [1.165, 1.54) is 22.7 Å². The van der Waals surface area contributed by atoms with Crippen molar-refractivity contribution >= 4 is 16.9 Å². The van der Waals surface area contributed by atoms with E-state index in [4.69, 9.17) is 0 Å². The van der Waals surface area contributed by atoms with Crippen LogP contribution in [0, 0.1) is 0 Å². The first-order valence-electron chi connectivity index (χ1n) is 8.88. The molecular weight excluding hydrogens is 346 g/mol. The molecule has 9 nitrogen and oxygen atoms in total. The minimum Gasteiger partial charge on any atom is -0.339 e. The van der Waals surface area contributed by atoms with Gasteiger partial charge in [-0.2, -0.15) is 5.10 Å². The number of fused-ring (bicyclic) bond motifs is 1. The second-order valence-electron chi connectivity index (χ2n) is 6.70. The molecule has 4 rings (SSSR count). The van der Waals surface area contributed by atoms with Crippen LogP contribution in [0.25, 0.3) is 11.0 Å². The van der Waals surface area contributed by atoms with Crippen LogP contribution in [-0.4, -0.2) is 66.2 Å². The quantitative estimate of drug-likeness (QED) is 0.638. The Morgan fingerprint density at radius 1 is 1.15 bits per heavy atom. The van der Waals surface area contributed by atoms with Gasteiger partial charge in [0.2, 0.25) is 5.91 Å². The summed E-state index contributed by atoms with van der Waals surface area (Å²) in [6.45, 7) is 3.78. The molecule has 1 fully saturated rings. The molecule has 4 heterocycles. The second kappa shape index (κ2) is 7.28. The molecule has 0 aliphatic carbocycles. The molecule has 1 amide bonds. The number of rotatable bonds is 4. The monoisotopic (exact) mass is 367 g/mol. The molecule has 9 heteroatoms. The van der Waals surface area contributed by atoms with E-state index in [9.17, 15) is 9.59 Å². The lowest BCUT2D eigenvalue weighted by atomic mass is 10.2. The van der Waals surface area contributed by atoms with E-state index in [0.717, 1.165) is 19.6 Å². The van der Waals surface area contributed by atoms with Crippen molar-refractivity contribution in [3.05, 3.63) is 53.0 Å². The van der Waals surface area contributed by atoms with E-state index in [0.29, 0.717) is 24.1 Å². The summed E-state index contributed by atoms with van der Waals surface area (Å²) in [5, 5.41) is 4.47. The van der Waals surface area contributed by atoms with Crippen LogP contribution in [-0.2, 0) is 24.9 Å². The molecule has 27 heavy (non-hydrogen) atoms. The van der Waals surface area contributed by atoms with Crippen molar-refractivity contribution in [2.45, 2.75) is 13.1 Å². The Hall–Kier alpha value is -3.07. The van der Waals surface area contributed by atoms with E-state index >= 15 is 0 Å². The number of aryl methyl sites for hydroxylation is 1. The number of aromatic nitrogens is 5. The van der Waals surface area contributed by atoms with E-state index in [2.05, 4.69) is 20.0 Å². The van der Waals surface area contributed by atoms with Gasteiger partial charge in [-0.3, -0.25) is 28.7 Å². The number of piperazine rings is 1. The Labute approximate surface area is 155 Å². The van der Waals surface area contributed by atoms with Crippen LogP contribution in [0.5, 0.6) is 0 Å². The Bertz CT molecular complexity index is 1000. The third-order valence-electron chi connectivity index (χ3n) is 4.90. The maximum atomic E-state index is 12.6. The van der Waals surface area contributed by atoms with E-state index in [1.54, 1.807) is 24.1 Å². The molecule has 0 N–H and O–H groups in total. The zero-order chi connectivity index (χ0) is 18.8. The highest BCUT2D eigenvalue weighted by atomic mass is 16.2. The van der Waals surface area contributed by atoms with Gasteiger partial charge < -0.3 is 4.90 Å². The average Bonchev–Trinajstić information content (AvgIpc) is 3.07. The summed E-state index contributed by atoms with van der Waals surface area (Å²) in [4.78, 5) is 37.5. The summed E-state index contributed by atoms with van der Waals surface area (Å²) in [7, 11) is 1.73. The fourth-order valence-corrected chi connectivity index (χ4v) is 3.33. The lowest BCUT2D eigenvalue weighted by molar-refractivity contribution is -0.133. The van der Waals surface area contributed by atoms with Crippen molar-refractivity contribution in [1.82, 2.24) is 34.1 Å². The van der Waals surface area contributed by atoms with Gasteiger partial charge in [0.1, 0.15) is 18.3 Å². The molecule has 0 bridgehead atoms. The molecule has 0 atom stereocenters. The predicted molar refractivity (Wildman–Crippen MR) is 98.9 cm³/mol. The topological polar surface area (TPSA) is 89.2 Å². The van der Waals surface area contributed by atoms with Gasteiger partial charge in [-0.15, -0.1) is 0 Å². The van der Waals surface area contributed by atoms with Gasteiger partial charge in [0, 0.05) is 52.2 Å². The van der Waals surface area contributed by atoms with E-state index in [1.807, 2.05) is 17.0 Å². The van der Waals surface area contributed by atoms with Crippen molar-refractivity contribution < 1.29 is 4.79 Å². The van der Waals surface area contributed by atoms with Gasteiger partial charge in [0.25, 0.3) is 5.56 Å². The predicted octanol–water partition coefficient (Wildman–Crippen LogP) is -0.131. The molecule has 1 aliphatic heterocycles. The highest BCUT2D eigenvalue weighted by Crippen LogP contribution is 2.09. The normalized spacial score (nSPS) is 15.4. The van der Waals surface area contributed by atoms with Crippen LogP contribution in [0.2, 0.25) is 0 Å². The Morgan fingerprint density at radius 3 is 2.63 bits per heavy atom. The first-order chi connectivity index (χ1) is 13.1. The molecule has 1 aliphatic rings. The number of hydrogen-bond acceptors (Lipinski definition) is 6. The van der Waals surface area contributed by atoms with Gasteiger partial charge >= 0.3 is 0 Å². The van der Waals surface area contributed by atoms with Crippen LogP contribution < -0.4 is 5.56 Å². The van der Waals surface area contributed by atoms with Crippen molar-refractivity contribution in [2.75, 3.05) is 26.2 Å². The smallest absolute Gasteiger partial charge is 0.264 e. The third-order valence-corrected chi connectivity index (χ3v) is 4.90. The van der Waals surface area contributed by atoms with Gasteiger partial charge in [-0.1, -0.05) is 0 Å². The largest absolute Gasteiger partial charge is 0.339 e. The fourth-order valence-electron chi connectivity index (χ4n) is 3.33. The maximum Gasteiger partial charge on any atom is 0.264 e. The fraction of sp³-hybridized carbons (Fsp3) is 0.389. The van der Waals surface area contributed by atoms with Crippen LogP contribution >= 0.6 is 0 Å². The summed E-state index contributed by atoms with van der Waals surface area (Å²) in [5.74, 6) is -0.0642.